The summed E-state index contributed by atoms with van der Waals surface area (Å²) in [4.78, 5) is 14.5. The van der Waals surface area contributed by atoms with Crippen LogP contribution in [0.2, 0.25) is 0 Å². The molecule has 1 unspecified atom stereocenters. The van der Waals surface area contributed by atoms with Crippen molar-refractivity contribution in [1.82, 2.24) is 10.2 Å². The molecule has 0 fully saturated rings. The molecule has 0 aliphatic rings. The van der Waals surface area contributed by atoms with E-state index in [0.717, 1.165) is 18.5 Å². The Hall–Kier alpha value is -1.84. The van der Waals surface area contributed by atoms with Crippen molar-refractivity contribution in [3.8, 4) is 0 Å². The van der Waals surface area contributed by atoms with Crippen LogP contribution in [0.3, 0.4) is 0 Å². The number of rotatable bonds is 6. The lowest BCUT2D eigenvalue weighted by atomic mass is 10.0. The van der Waals surface area contributed by atoms with E-state index in [1.807, 2.05) is 62.6 Å². The Labute approximate surface area is 138 Å². The molecule has 2 aromatic carbocycles. The fourth-order valence-electron chi connectivity index (χ4n) is 2.23. The van der Waals surface area contributed by atoms with Gasteiger partial charge in [-0.2, -0.15) is 0 Å². The molecule has 0 heterocycles. The van der Waals surface area contributed by atoms with E-state index in [0.29, 0.717) is 5.56 Å². The van der Waals surface area contributed by atoms with E-state index in [1.54, 1.807) is 0 Å². The zero-order chi connectivity index (χ0) is 15.1. The highest BCUT2D eigenvalue weighted by molar-refractivity contribution is 5.94. The summed E-state index contributed by atoms with van der Waals surface area (Å²) in [6, 6.07) is 19.5. The molecule has 0 aromatic heterocycles. The number of nitrogens with zero attached hydrogens (tertiary/aromatic N) is 1. The summed E-state index contributed by atoms with van der Waals surface area (Å²) in [6.45, 7) is 0.925. The van der Waals surface area contributed by atoms with Gasteiger partial charge in [0.1, 0.15) is 0 Å². The van der Waals surface area contributed by atoms with Gasteiger partial charge >= 0.3 is 0 Å². The summed E-state index contributed by atoms with van der Waals surface area (Å²) in [6.07, 6.45) is 0.885. The van der Waals surface area contributed by atoms with Gasteiger partial charge in [-0.15, -0.1) is 12.4 Å². The Bertz CT molecular complexity index is 558. The van der Waals surface area contributed by atoms with Crippen LogP contribution in [0.25, 0.3) is 0 Å². The maximum absolute atomic E-state index is 12.3. The Kier molecular flexibility index (Phi) is 7.64. The van der Waals surface area contributed by atoms with Gasteiger partial charge < -0.3 is 10.2 Å². The number of nitrogens with one attached hydrogen (secondary N) is 1. The van der Waals surface area contributed by atoms with Crippen LogP contribution in [0.4, 0.5) is 0 Å². The van der Waals surface area contributed by atoms with Crippen LogP contribution in [-0.4, -0.2) is 31.4 Å². The molecule has 2 aromatic rings. The van der Waals surface area contributed by atoms with Crippen molar-refractivity contribution >= 4 is 18.3 Å². The molecule has 0 aliphatic carbocycles. The zero-order valence-corrected chi connectivity index (χ0v) is 13.8. The van der Waals surface area contributed by atoms with Crippen LogP contribution in [0.15, 0.2) is 60.7 Å². The third-order valence-corrected chi connectivity index (χ3v) is 3.41. The first kappa shape index (κ1) is 18.2. The van der Waals surface area contributed by atoms with E-state index in [1.165, 1.54) is 0 Å². The van der Waals surface area contributed by atoms with Crippen LogP contribution in [0.5, 0.6) is 0 Å². The number of hydrogen-bond donors (Lipinski definition) is 1. The molecule has 0 spiro atoms. The van der Waals surface area contributed by atoms with E-state index < -0.39 is 0 Å². The quantitative estimate of drug-likeness (QED) is 0.883. The molecule has 4 heteroatoms. The predicted octanol–water partition coefficient (Wildman–Crippen LogP) is 3.53. The minimum absolute atomic E-state index is 0. The average Bonchev–Trinajstić information content (AvgIpc) is 2.52. The van der Waals surface area contributed by atoms with Crippen molar-refractivity contribution in [3.63, 3.8) is 0 Å². The normalized spacial score (nSPS) is 11.6. The van der Waals surface area contributed by atoms with Gasteiger partial charge in [-0.05, 0) is 44.8 Å². The lowest BCUT2D eigenvalue weighted by molar-refractivity contribution is 0.0932. The largest absolute Gasteiger partial charge is 0.345 e. The highest BCUT2D eigenvalue weighted by Crippen LogP contribution is 2.17. The Morgan fingerprint density at radius 2 is 1.55 bits per heavy atom. The van der Waals surface area contributed by atoms with Crippen molar-refractivity contribution in [2.24, 2.45) is 0 Å². The average molecular weight is 319 g/mol. The molecule has 3 nitrogen and oxygen atoms in total. The van der Waals surface area contributed by atoms with Crippen LogP contribution >= 0.6 is 12.4 Å². The van der Waals surface area contributed by atoms with Gasteiger partial charge in [-0.1, -0.05) is 48.5 Å². The topological polar surface area (TPSA) is 32.3 Å². The molecule has 0 saturated carbocycles. The molecule has 118 valence electrons. The third kappa shape index (κ3) is 5.51. The van der Waals surface area contributed by atoms with Gasteiger partial charge in [0.25, 0.3) is 5.91 Å². The van der Waals surface area contributed by atoms with Crippen LogP contribution < -0.4 is 5.32 Å². The highest BCUT2D eigenvalue weighted by atomic mass is 35.5. The second-order valence-corrected chi connectivity index (χ2v) is 5.39. The number of carbonyl (C=O) groups excluding carboxylic acids is 1. The molecule has 0 saturated heterocycles. The fraction of sp³-hybridized carbons (Fsp3) is 0.278. The number of amides is 1. The van der Waals surface area contributed by atoms with E-state index >= 15 is 0 Å². The summed E-state index contributed by atoms with van der Waals surface area (Å²) in [7, 11) is 4.09. The fourth-order valence-corrected chi connectivity index (χ4v) is 2.23. The molecule has 0 bridgehead atoms. The van der Waals surface area contributed by atoms with E-state index in [2.05, 4.69) is 22.3 Å². The molecular formula is C18H23ClN2O. The van der Waals surface area contributed by atoms with E-state index in [4.69, 9.17) is 0 Å². The minimum Gasteiger partial charge on any atom is -0.345 e. The monoisotopic (exact) mass is 318 g/mol. The maximum atomic E-state index is 12.3. The molecule has 22 heavy (non-hydrogen) atoms. The van der Waals surface area contributed by atoms with Crippen molar-refractivity contribution in [2.75, 3.05) is 20.6 Å². The summed E-state index contributed by atoms with van der Waals surface area (Å²) in [5.41, 5.74) is 1.84. The Balaban J connectivity index is 0.00000242. The SMILES string of the molecule is CN(C)CCC(NC(=O)c1ccccc1)c1ccccc1.Cl. The van der Waals surface area contributed by atoms with Crippen molar-refractivity contribution < 1.29 is 4.79 Å². The maximum Gasteiger partial charge on any atom is 0.251 e. The second-order valence-electron chi connectivity index (χ2n) is 5.39. The number of carbonyl (C=O) groups is 1. The van der Waals surface area contributed by atoms with Gasteiger partial charge in [-0.3, -0.25) is 4.79 Å². The smallest absolute Gasteiger partial charge is 0.251 e. The van der Waals surface area contributed by atoms with Gasteiger partial charge in [0.15, 0.2) is 0 Å². The molecular weight excluding hydrogens is 296 g/mol. The number of halogens is 1. The molecule has 0 aliphatic heterocycles. The molecule has 1 N–H and O–H groups in total. The third-order valence-electron chi connectivity index (χ3n) is 3.41. The van der Waals surface area contributed by atoms with Crippen molar-refractivity contribution in [2.45, 2.75) is 12.5 Å². The summed E-state index contributed by atoms with van der Waals surface area (Å²) < 4.78 is 0. The second kappa shape index (κ2) is 9.23. The molecule has 1 atom stereocenters. The van der Waals surface area contributed by atoms with Crippen molar-refractivity contribution in [1.29, 1.82) is 0 Å². The number of hydrogen-bond acceptors (Lipinski definition) is 2. The first-order valence-electron chi connectivity index (χ1n) is 7.22. The first-order valence-corrected chi connectivity index (χ1v) is 7.22. The van der Waals surface area contributed by atoms with Crippen molar-refractivity contribution in [3.05, 3.63) is 71.8 Å². The Morgan fingerprint density at radius 1 is 1.00 bits per heavy atom. The van der Waals surface area contributed by atoms with E-state index in [9.17, 15) is 4.79 Å². The van der Waals surface area contributed by atoms with Crippen LogP contribution in [-0.2, 0) is 0 Å². The Morgan fingerprint density at radius 3 is 2.09 bits per heavy atom. The minimum atomic E-state index is -0.0248. The van der Waals surface area contributed by atoms with E-state index in [-0.39, 0.29) is 24.4 Å². The molecule has 2 rings (SSSR count). The lowest BCUT2D eigenvalue weighted by Crippen LogP contribution is -2.30. The lowest BCUT2D eigenvalue weighted by Gasteiger charge is -2.21. The van der Waals surface area contributed by atoms with Crippen LogP contribution in [0, 0.1) is 0 Å². The number of benzene rings is 2. The first-order chi connectivity index (χ1) is 10.2. The summed E-state index contributed by atoms with van der Waals surface area (Å²) >= 11 is 0. The van der Waals surface area contributed by atoms with Gasteiger partial charge in [0.05, 0.1) is 6.04 Å². The summed E-state index contributed by atoms with van der Waals surface area (Å²) in [5, 5.41) is 3.14. The van der Waals surface area contributed by atoms with Gasteiger partial charge in [0.2, 0.25) is 0 Å². The van der Waals surface area contributed by atoms with Crippen LogP contribution in [0.1, 0.15) is 28.4 Å². The highest BCUT2D eigenvalue weighted by Gasteiger charge is 2.15. The van der Waals surface area contributed by atoms with Gasteiger partial charge in [0, 0.05) is 5.56 Å². The molecule has 0 radical (unpaired) electrons. The standard InChI is InChI=1S/C18H22N2O.ClH/c1-20(2)14-13-17(15-9-5-3-6-10-15)19-18(21)16-11-7-4-8-12-16;/h3-12,17H,13-14H2,1-2H3,(H,19,21);1H. The molecule has 1 amide bonds. The zero-order valence-electron chi connectivity index (χ0n) is 13.0. The summed E-state index contributed by atoms with van der Waals surface area (Å²) in [5.74, 6) is -0.0248. The predicted molar refractivity (Wildman–Crippen MR) is 93.5 cm³/mol. The van der Waals surface area contributed by atoms with Gasteiger partial charge in [-0.25, -0.2) is 0 Å².